The molecule has 6 unspecified atom stereocenters. The number of unbranched alkanes of at least 4 members (excludes halogenated alkanes) is 7. The SMILES string of the molecule is CCC1COC1C(O)CCCCCCCCCCC(O)C1OCC1CC. The third-order valence-electron chi connectivity index (χ3n) is 6.49. The molecule has 4 nitrogen and oxygen atoms in total. The Morgan fingerprint density at radius 1 is 0.654 bits per heavy atom. The molecule has 2 saturated heterocycles. The Morgan fingerprint density at radius 2 is 1.00 bits per heavy atom. The van der Waals surface area contributed by atoms with E-state index in [0.29, 0.717) is 11.8 Å². The van der Waals surface area contributed by atoms with Crippen LogP contribution in [0.1, 0.15) is 90.9 Å². The standard InChI is InChI=1S/C22H42O4/c1-3-17-15-25-21(17)19(23)13-11-9-7-5-6-8-10-12-14-20(24)22-18(4-2)16-26-22/h17-24H,3-16H2,1-2H3. The molecule has 0 amide bonds. The molecule has 26 heavy (non-hydrogen) atoms. The number of aliphatic hydroxyl groups is 2. The van der Waals surface area contributed by atoms with E-state index in [9.17, 15) is 10.2 Å². The van der Waals surface area contributed by atoms with Crippen LogP contribution in [0.4, 0.5) is 0 Å². The van der Waals surface area contributed by atoms with E-state index < -0.39 is 0 Å². The second-order valence-electron chi connectivity index (χ2n) is 8.47. The molecule has 0 radical (unpaired) electrons. The largest absolute Gasteiger partial charge is 0.390 e. The summed E-state index contributed by atoms with van der Waals surface area (Å²) in [7, 11) is 0. The minimum Gasteiger partial charge on any atom is -0.390 e. The van der Waals surface area contributed by atoms with Crippen LogP contribution in [0.2, 0.25) is 0 Å². The summed E-state index contributed by atoms with van der Waals surface area (Å²) in [6.45, 7) is 6.03. The zero-order chi connectivity index (χ0) is 18.8. The molecule has 2 heterocycles. The monoisotopic (exact) mass is 370 g/mol. The van der Waals surface area contributed by atoms with Gasteiger partial charge in [-0.25, -0.2) is 0 Å². The van der Waals surface area contributed by atoms with Crippen LogP contribution >= 0.6 is 0 Å². The van der Waals surface area contributed by atoms with E-state index in [0.717, 1.165) is 51.7 Å². The van der Waals surface area contributed by atoms with Crippen molar-refractivity contribution >= 4 is 0 Å². The van der Waals surface area contributed by atoms with Crippen molar-refractivity contribution in [3.8, 4) is 0 Å². The van der Waals surface area contributed by atoms with E-state index in [2.05, 4.69) is 13.8 Å². The summed E-state index contributed by atoms with van der Waals surface area (Å²) >= 11 is 0. The summed E-state index contributed by atoms with van der Waals surface area (Å²) in [5.41, 5.74) is 0. The van der Waals surface area contributed by atoms with Crippen LogP contribution in [-0.2, 0) is 9.47 Å². The van der Waals surface area contributed by atoms with Crippen LogP contribution in [0.15, 0.2) is 0 Å². The van der Waals surface area contributed by atoms with Gasteiger partial charge < -0.3 is 19.7 Å². The first-order valence-electron chi connectivity index (χ1n) is 11.3. The average molecular weight is 371 g/mol. The Labute approximate surface area is 160 Å². The van der Waals surface area contributed by atoms with Gasteiger partial charge in [0.15, 0.2) is 0 Å². The minimum absolute atomic E-state index is 0.105. The fourth-order valence-electron chi connectivity index (χ4n) is 4.33. The predicted octanol–water partition coefficient (Wildman–Crippen LogP) is 4.46. The molecule has 0 spiro atoms. The van der Waals surface area contributed by atoms with E-state index in [1.165, 1.54) is 38.5 Å². The van der Waals surface area contributed by atoms with Crippen LogP contribution in [-0.4, -0.2) is 47.8 Å². The first-order valence-corrected chi connectivity index (χ1v) is 11.3. The summed E-state index contributed by atoms with van der Waals surface area (Å²) in [6, 6.07) is 0. The van der Waals surface area contributed by atoms with Crippen LogP contribution < -0.4 is 0 Å². The van der Waals surface area contributed by atoms with E-state index in [-0.39, 0.29) is 24.4 Å². The molecular weight excluding hydrogens is 328 g/mol. The highest BCUT2D eigenvalue weighted by molar-refractivity contribution is 4.84. The Morgan fingerprint density at radius 3 is 1.27 bits per heavy atom. The molecule has 2 N–H and O–H groups in total. The lowest BCUT2D eigenvalue weighted by Crippen LogP contribution is -2.47. The van der Waals surface area contributed by atoms with Crippen molar-refractivity contribution in [2.75, 3.05) is 13.2 Å². The molecule has 2 aliphatic rings. The number of hydrogen-bond acceptors (Lipinski definition) is 4. The Kier molecular flexibility index (Phi) is 10.5. The van der Waals surface area contributed by atoms with Gasteiger partial charge in [-0.05, 0) is 25.7 Å². The second-order valence-corrected chi connectivity index (χ2v) is 8.47. The number of rotatable bonds is 15. The molecule has 2 aliphatic heterocycles. The highest BCUT2D eigenvalue weighted by Crippen LogP contribution is 2.29. The fourth-order valence-corrected chi connectivity index (χ4v) is 4.33. The quantitative estimate of drug-likeness (QED) is 0.418. The summed E-state index contributed by atoms with van der Waals surface area (Å²) in [5.74, 6) is 1.15. The highest BCUT2D eigenvalue weighted by atomic mass is 16.5. The molecule has 0 aliphatic carbocycles. The molecule has 0 aromatic rings. The molecule has 154 valence electrons. The summed E-state index contributed by atoms with van der Waals surface area (Å²) in [4.78, 5) is 0. The number of aliphatic hydroxyl groups excluding tert-OH is 2. The van der Waals surface area contributed by atoms with Crippen molar-refractivity contribution in [1.82, 2.24) is 0 Å². The zero-order valence-corrected chi connectivity index (χ0v) is 17.1. The third-order valence-corrected chi connectivity index (χ3v) is 6.49. The molecule has 0 bridgehead atoms. The smallest absolute Gasteiger partial charge is 0.0883 e. The van der Waals surface area contributed by atoms with Gasteiger partial charge >= 0.3 is 0 Å². The van der Waals surface area contributed by atoms with Gasteiger partial charge in [-0.15, -0.1) is 0 Å². The Balaban J connectivity index is 1.34. The molecule has 6 atom stereocenters. The fraction of sp³-hybridized carbons (Fsp3) is 1.00. The zero-order valence-electron chi connectivity index (χ0n) is 17.1. The molecule has 4 heteroatoms. The van der Waals surface area contributed by atoms with Gasteiger partial charge in [0.05, 0.1) is 37.6 Å². The van der Waals surface area contributed by atoms with Gasteiger partial charge in [-0.1, -0.05) is 65.2 Å². The van der Waals surface area contributed by atoms with Gasteiger partial charge in [-0.2, -0.15) is 0 Å². The van der Waals surface area contributed by atoms with Crippen LogP contribution in [0.3, 0.4) is 0 Å². The van der Waals surface area contributed by atoms with Gasteiger partial charge in [0.1, 0.15) is 0 Å². The van der Waals surface area contributed by atoms with Crippen molar-refractivity contribution < 1.29 is 19.7 Å². The van der Waals surface area contributed by atoms with E-state index in [1.54, 1.807) is 0 Å². The lowest BCUT2D eigenvalue weighted by Gasteiger charge is -2.39. The molecule has 0 saturated carbocycles. The van der Waals surface area contributed by atoms with Gasteiger partial charge in [0.25, 0.3) is 0 Å². The lowest BCUT2D eigenvalue weighted by molar-refractivity contribution is -0.169. The second kappa shape index (κ2) is 12.3. The topological polar surface area (TPSA) is 58.9 Å². The van der Waals surface area contributed by atoms with Crippen molar-refractivity contribution in [1.29, 1.82) is 0 Å². The van der Waals surface area contributed by atoms with Gasteiger partial charge in [0, 0.05) is 11.8 Å². The van der Waals surface area contributed by atoms with Crippen molar-refractivity contribution in [3.05, 3.63) is 0 Å². The maximum Gasteiger partial charge on any atom is 0.0883 e. The maximum absolute atomic E-state index is 10.2. The summed E-state index contributed by atoms with van der Waals surface area (Å²) < 4.78 is 11.0. The van der Waals surface area contributed by atoms with E-state index in [4.69, 9.17) is 9.47 Å². The molecule has 0 aromatic heterocycles. The average Bonchev–Trinajstić information content (AvgIpc) is 2.55. The van der Waals surface area contributed by atoms with Crippen molar-refractivity contribution in [2.24, 2.45) is 11.8 Å². The minimum atomic E-state index is -0.257. The summed E-state index contributed by atoms with van der Waals surface area (Å²) in [6.07, 6.45) is 13.5. The molecule has 2 rings (SSSR count). The molecule has 2 fully saturated rings. The van der Waals surface area contributed by atoms with Crippen LogP contribution in [0.25, 0.3) is 0 Å². The van der Waals surface area contributed by atoms with Crippen molar-refractivity contribution in [3.63, 3.8) is 0 Å². The van der Waals surface area contributed by atoms with E-state index >= 15 is 0 Å². The maximum atomic E-state index is 10.2. The van der Waals surface area contributed by atoms with Crippen LogP contribution in [0, 0.1) is 11.8 Å². The van der Waals surface area contributed by atoms with Gasteiger partial charge in [0.2, 0.25) is 0 Å². The number of ether oxygens (including phenoxy) is 2. The number of hydrogen-bond donors (Lipinski definition) is 2. The summed E-state index contributed by atoms with van der Waals surface area (Å²) in [5, 5.41) is 20.3. The first-order chi connectivity index (χ1) is 12.7. The predicted molar refractivity (Wildman–Crippen MR) is 105 cm³/mol. The highest BCUT2D eigenvalue weighted by Gasteiger charge is 2.36. The Bertz CT molecular complexity index is 324. The van der Waals surface area contributed by atoms with Crippen molar-refractivity contribution in [2.45, 2.75) is 115 Å². The van der Waals surface area contributed by atoms with Crippen LogP contribution in [0.5, 0.6) is 0 Å². The van der Waals surface area contributed by atoms with E-state index in [1.807, 2.05) is 0 Å². The molecular formula is C22H42O4. The third kappa shape index (κ3) is 6.78. The Hall–Kier alpha value is -0.160. The normalized spacial score (nSPS) is 30.5. The lowest BCUT2D eigenvalue weighted by atomic mass is 9.88. The van der Waals surface area contributed by atoms with Gasteiger partial charge in [-0.3, -0.25) is 0 Å². The first kappa shape index (κ1) is 22.1. The molecule has 0 aromatic carbocycles.